The molecule has 0 radical (unpaired) electrons. The van der Waals surface area contributed by atoms with Crippen LogP contribution < -0.4 is 15.2 Å². The molecule has 7 heteroatoms. The second-order valence-electron chi connectivity index (χ2n) is 7.10. The minimum Gasteiger partial charge on any atom is -0.497 e. The Kier molecular flexibility index (Phi) is 4.77. The Morgan fingerprint density at radius 1 is 1.14 bits per heavy atom. The minimum atomic E-state index is -0.139. The van der Waals surface area contributed by atoms with Crippen molar-refractivity contribution in [3.63, 3.8) is 0 Å². The molecule has 0 spiro atoms. The Morgan fingerprint density at radius 3 is 2.83 bits per heavy atom. The molecule has 6 nitrogen and oxygen atoms in total. The Balaban J connectivity index is 1.55. The normalized spacial score (nSPS) is 15.6. The second kappa shape index (κ2) is 7.57. The third kappa shape index (κ3) is 3.52. The van der Waals surface area contributed by atoms with Crippen LogP contribution in [-0.2, 0) is 11.2 Å². The van der Waals surface area contributed by atoms with Crippen LogP contribution in [0.1, 0.15) is 11.1 Å². The van der Waals surface area contributed by atoms with Gasteiger partial charge in [0.25, 0.3) is 5.56 Å². The van der Waals surface area contributed by atoms with Crippen LogP contribution in [-0.4, -0.2) is 43.4 Å². The molecule has 0 amide bonds. The summed E-state index contributed by atoms with van der Waals surface area (Å²) in [6, 6.07) is 14.0. The highest BCUT2D eigenvalue weighted by molar-refractivity contribution is 7.99. The zero-order valence-corrected chi connectivity index (χ0v) is 16.9. The number of nitrogens with one attached hydrogen (secondary N) is 1. The number of aromatic amines is 1. The van der Waals surface area contributed by atoms with Gasteiger partial charge in [-0.3, -0.25) is 9.78 Å². The zero-order chi connectivity index (χ0) is 19.8. The van der Waals surface area contributed by atoms with Crippen molar-refractivity contribution < 1.29 is 9.47 Å². The largest absolute Gasteiger partial charge is 0.497 e. The summed E-state index contributed by atoms with van der Waals surface area (Å²) in [4.78, 5) is 24.5. The maximum Gasteiger partial charge on any atom is 0.252 e. The predicted octanol–water partition coefficient (Wildman–Crippen LogP) is 3.34. The molecule has 148 valence electrons. The van der Waals surface area contributed by atoms with E-state index in [-0.39, 0.29) is 5.56 Å². The topological polar surface area (TPSA) is 67.5 Å². The first-order valence-electron chi connectivity index (χ1n) is 9.62. The maximum atomic E-state index is 12.4. The number of ether oxygens (including phenoxy) is 2. The van der Waals surface area contributed by atoms with E-state index in [9.17, 15) is 4.79 Å². The number of fused-ring (bicyclic) bond motifs is 2. The lowest BCUT2D eigenvalue weighted by Crippen LogP contribution is -2.38. The van der Waals surface area contributed by atoms with Gasteiger partial charge >= 0.3 is 0 Å². The smallest absolute Gasteiger partial charge is 0.252 e. The molecule has 2 aliphatic heterocycles. The second-order valence-corrected chi connectivity index (χ2v) is 8.15. The molecule has 5 rings (SSSR count). The highest BCUT2D eigenvalue weighted by Gasteiger charge is 2.22. The first-order valence-corrected chi connectivity index (χ1v) is 10.4. The van der Waals surface area contributed by atoms with Crippen molar-refractivity contribution in [2.24, 2.45) is 0 Å². The summed E-state index contributed by atoms with van der Waals surface area (Å²) in [5.41, 5.74) is 4.06. The van der Waals surface area contributed by atoms with Gasteiger partial charge in [-0.05, 0) is 35.7 Å². The molecular formula is C22H21N3O3S. The van der Waals surface area contributed by atoms with E-state index in [2.05, 4.69) is 28.1 Å². The van der Waals surface area contributed by atoms with E-state index < -0.39 is 0 Å². The summed E-state index contributed by atoms with van der Waals surface area (Å²) < 4.78 is 10.8. The maximum absolute atomic E-state index is 12.4. The van der Waals surface area contributed by atoms with E-state index in [0.29, 0.717) is 24.9 Å². The van der Waals surface area contributed by atoms with Gasteiger partial charge in [0, 0.05) is 34.5 Å². The first kappa shape index (κ1) is 18.3. The van der Waals surface area contributed by atoms with Crippen molar-refractivity contribution in [1.29, 1.82) is 0 Å². The van der Waals surface area contributed by atoms with E-state index in [1.165, 1.54) is 16.0 Å². The number of morpholine rings is 1. The van der Waals surface area contributed by atoms with Crippen molar-refractivity contribution in [3.8, 4) is 17.0 Å². The fourth-order valence-corrected chi connectivity index (χ4v) is 4.96. The van der Waals surface area contributed by atoms with Gasteiger partial charge in [-0.25, -0.2) is 4.98 Å². The zero-order valence-electron chi connectivity index (χ0n) is 16.1. The van der Waals surface area contributed by atoms with Gasteiger partial charge in [-0.15, -0.1) is 0 Å². The van der Waals surface area contributed by atoms with Gasteiger partial charge in [0.1, 0.15) is 5.75 Å². The summed E-state index contributed by atoms with van der Waals surface area (Å²) in [5, 5.41) is 0. The van der Waals surface area contributed by atoms with E-state index >= 15 is 0 Å². The minimum absolute atomic E-state index is 0.139. The van der Waals surface area contributed by atoms with Crippen LogP contribution in [0.25, 0.3) is 11.3 Å². The molecule has 0 saturated carbocycles. The Morgan fingerprint density at radius 2 is 2.00 bits per heavy atom. The molecule has 1 fully saturated rings. The molecule has 0 unspecified atom stereocenters. The van der Waals surface area contributed by atoms with Crippen LogP contribution in [0.2, 0.25) is 0 Å². The number of anilines is 1. The van der Waals surface area contributed by atoms with Gasteiger partial charge < -0.3 is 14.4 Å². The average Bonchev–Trinajstić information content (AvgIpc) is 2.77. The molecule has 0 bridgehead atoms. The Hall–Kier alpha value is -2.77. The summed E-state index contributed by atoms with van der Waals surface area (Å²) >= 11 is 1.73. The third-order valence-corrected chi connectivity index (χ3v) is 6.58. The summed E-state index contributed by atoms with van der Waals surface area (Å²) in [7, 11) is 1.69. The van der Waals surface area contributed by atoms with Crippen LogP contribution in [0.5, 0.6) is 5.75 Å². The molecule has 0 atom stereocenters. The van der Waals surface area contributed by atoms with E-state index in [1.54, 1.807) is 24.9 Å². The summed E-state index contributed by atoms with van der Waals surface area (Å²) in [6.45, 7) is 2.74. The number of methoxy groups -OCH3 is 1. The molecule has 3 heterocycles. The standard InChI is InChI=1S/C22H21N3O3S/c1-27-16-5-6-19-15(12-16)11-14-3-2-4-17(21(14)29-19)18-13-20(26)24-22(23-18)25-7-9-28-10-8-25/h2-6,12-13H,7-11H2,1H3,(H,23,24,26). The summed E-state index contributed by atoms with van der Waals surface area (Å²) in [6.07, 6.45) is 0.836. The van der Waals surface area contributed by atoms with Crippen LogP contribution in [0.15, 0.2) is 57.1 Å². The molecule has 1 N–H and O–H groups in total. The number of aromatic nitrogens is 2. The number of benzene rings is 2. The lowest BCUT2D eigenvalue weighted by atomic mass is 10.00. The van der Waals surface area contributed by atoms with Gasteiger partial charge in [0.05, 0.1) is 26.0 Å². The number of rotatable bonds is 3. The van der Waals surface area contributed by atoms with Crippen molar-refractivity contribution in [2.45, 2.75) is 16.2 Å². The van der Waals surface area contributed by atoms with Crippen LogP contribution in [0, 0.1) is 0 Å². The third-order valence-electron chi connectivity index (χ3n) is 5.27. The monoisotopic (exact) mass is 407 g/mol. The van der Waals surface area contributed by atoms with Gasteiger partial charge in [-0.1, -0.05) is 30.0 Å². The molecule has 0 aliphatic carbocycles. The van der Waals surface area contributed by atoms with Crippen molar-refractivity contribution in [1.82, 2.24) is 9.97 Å². The molecule has 2 aromatic carbocycles. The number of hydrogen-bond acceptors (Lipinski definition) is 6. The fraction of sp³-hybridized carbons (Fsp3) is 0.273. The van der Waals surface area contributed by atoms with Crippen molar-refractivity contribution in [2.75, 3.05) is 38.3 Å². The van der Waals surface area contributed by atoms with E-state index in [4.69, 9.17) is 14.5 Å². The Labute approximate surface area is 172 Å². The highest BCUT2D eigenvalue weighted by atomic mass is 32.2. The molecular weight excluding hydrogens is 386 g/mol. The van der Waals surface area contributed by atoms with Gasteiger partial charge in [0.15, 0.2) is 0 Å². The van der Waals surface area contributed by atoms with Crippen molar-refractivity contribution in [3.05, 3.63) is 63.9 Å². The molecule has 29 heavy (non-hydrogen) atoms. The first-order chi connectivity index (χ1) is 14.2. The van der Waals surface area contributed by atoms with Crippen LogP contribution in [0.4, 0.5) is 5.95 Å². The van der Waals surface area contributed by atoms with Crippen LogP contribution in [0.3, 0.4) is 0 Å². The molecule has 1 aromatic heterocycles. The number of nitrogens with zero attached hydrogens (tertiary/aromatic N) is 2. The van der Waals surface area contributed by atoms with Gasteiger partial charge in [-0.2, -0.15) is 0 Å². The lowest BCUT2D eigenvalue weighted by molar-refractivity contribution is 0.122. The van der Waals surface area contributed by atoms with E-state index in [0.717, 1.165) is 35.7 Å². The Bertz CT molecular complexity index is 1120. The van der Waals surface area contributed by atoms with E-state index in [1.807, 2.05) is 18.2 Å². The number of hydrogen-bond donors (Lipinski definition) is 1. The van der Waals surface area contributed by atoms with Crippen LogP contribution >= 0.6 is 11.8 Å². The highest BCUT2D eigenvalue weighted by Crippen LogP contribution is 2.45. The molecule has 3 aromatic rings. The fourth-order valence-electron chi connectivity index (χ4n) is 3.79. The molecule has 2 aliphatic rings. The lowest BCUT2D eigenvalue weighted by Gasteiger charge is -2.27. The predicted molar refractivity (Wildman–Crippen MR) is 113 cm³/mol. The average molecular weight is 407 g/mol. The quantitative estimate of drug-likeness (QED) is 0.562. The SMILES string of the molecule is COc1ccc2c(c1)Cc1cccc(-c3cc(=O)[nH]c(N4CCOCC4)n3)c1S2. The van der Waals surface area contributed by atoms with Crippen molar-refractivity contribution >= 4 is 17.7 Å². The summed E-state index contributed by atoms with van der Waals surface area (Å²) in [5.74, 6) is 1.48. The van der Waals surface area contributed by atoms with Gasteiger partial charge in [0.2, 0.25) is 5.95 Å². The molecule has 1 saturated heterocycles. The number of H-pyrrole nitrogens is 1.